The van der Waals surface area contributed by atoms with Crippen molar-refractivity contribution in [3.05, 3.63) is 74.7 Å². The molecule has 8 heteroatoms. The highest BCUT2D eigenvalue weighted by Gasteiger charge is 2.16. The van der Waals surface area contributed by atoms with Crippen LogP contribution in [0.2, 0.25) is 0 Å². The van der Waals surface area contributed by atoms with E-state index >= 15 is 0 Å². The number of nitrogens with one attached hydrogen (secondary N) is 1. The Morgan fingerprint density at radius 3 is 2.60 bits per heavy atom. The van der Waals surface area contributed by atoms with E-state index in [1.54, 1.807) is 11.4 Å². The van der Waals surface area contributed by atoms with E-state index in [-0.39, 0.29) is 12.3 Å². The second kappa shape index (κ2) is 9.21. The predicted molar refractivity (Wildman–Crippen MR) is 110 cm³/mol. The molecule has 0 aliphatic rings. The minimum absolute atomic E-state index is 0.0428. The lowest BCUT2D eigenvalue weighted by molar-refractivity contribution is -0.0495. The molecule has 0 saturated heterocycles. The van der Waals surface area contributed by atoms with E-state index in [9.17, 15) is 18.0 Å². The zero-order valence-electron chi connectivity index (χ0n) is 16.6. The van der Waals surface area contributed by atoms with Crippen molar-refractivity contribution in [2.24, 2.45) is 0 Å². The van der Waals surface area contributed by atoms with Crippen LogP contribution < -0.4 is 14.8 Å². The first kappa shape index (κ1) is 21.7. The summed E-state index contributed by atoms with van der Waals surface area (Å²) in [5.41, 5.74) is 4.04. The van der Waals surface area contributed by atoms with Crippen molar-refractivity contribution in [1.29, 1.82) is 0 Å². The van der Waals surface area contributed by atoms with Gasteiger partial charge in [0, 0.05) is 11.6 Å². The van der Waals surface area contributed by atoms with Gasteiger partial charge in [0.25, 0.3) is 5.91 Å². The van der Waals surface area contributed by atoms with Gasteiger partial charge in [-0.3, -0.25) is 4.79 Å². The van der Waals surface area contributed by atoms with Crippen LogP contribution in [0.5, 0.6) is 11.5 Å². The third-order valence-corrected chi connectivity index (χ3v) is 5.42. The van der Waals surface area contributed by atoms with E-state index in [1.807, 2.05) is 26.8 Å². The SMILES string of the molecule is Cc1cc(C)c(C)c(OCc2csc(C(=O)Nc3ccc(F)cc3OC(F)F)c2)c1. The number of alkyl halides is 2. The maximum atomic E-state index is 13.3. The smallest absolute Gasteiger partial charge is 0.387 e. The van der Waals surface area contributed by atoms with Gasteiger partial charge in [0.05, 0.1) is 10.6 Å². The van der Waals surface area contributed by atoms with Gasteiger partial charge in [-0.05, 0) is 67.1 Å². The topological polar surface area (TPSA) is 47.6 Å². The van der Waals surface area contributed by atoms with Crippen LogP contribution >= 0.6 is 11.3 Å². The third kappa shape index (κ3) is 5.33. The molecule has 0 radical (unpaired) electrons. The zero-order chi connectivity index (χ0) is 21.8. The summed E-state index contributed by atoms with van der Waals surface area (Å²) in [7, 11) is 0. The second-order valence-corrected chi connectivity index (χ2v) is 7.70. The summed E-state index contributed by atoms with van der Waals surface area (Å²) in [5, 5.41) is 4.26. The Morgan fingerprint density at radius 2 is 1.87 bits per heavy atom. The summed E-state index contributed by atoms with van der Waals surface area (Å²) < 4.78 is 48.6. The molecule has 1 amide bonds. The van der Waals surface area contributed by atoms with Crippen molar-refractivity contribution in [1.82, 2.24) is 0 Å². The summed E-state index contributed by atoms with van der Waals surface area (Å²) in [5.74, 6) is -0.922. The lowest BCUT2D eigenvalue weighted by Crippen LogP contribution is -2.13. The van der Waals surface area contributed by atoms with Crippen LogP contribution in [0, 0.1) is 26.6 Å². The van der Waals surface area contributed by atoms with Gasteiger partial charge >= 0.3 is 6.61 Å². The fourth-order valence-electron chi connectivity index (χ4n) is 2.86. The number of benzene rings is 2. The first-order chi connectivity index (χ1) is 14.2. The van der Waals surface area contributed by atoms with Gasteiger partial charge in [0.15, 0.2) is 5.75 Å². The standard InChI is InChI=1S/C22H20F3NO3S/c1-12-6-13(2)14(3)18(7-12)28-10-15-8-20(30-11-15)21(27)26-17-5-4-16(23)9-19(17)29-22(24)25/h4-9,11,22H,10H2,1-3H3,(H,26,27). The molecule has 0 saturated carbocycles. The summed E-state index contributed by atoms with van der Waals surface area (Å²) in [6.07, 6.45) is 0. The first-order valence-corrected chi connectivity index (χ1v) is 9.94. The molecule has 0 fully saturated rings. The van der Waals surface area contributed by atoms with E-state index in [4.69, 9.17) is 4.74 Å². The maximum Gasteiger partial charge on any atom is 0.387 e. The molecule has 2 aromatic carbocycles. The Bertz CT molecular complexity index is 1070. The van der Waals surface area contributed by atoms with Gasteiger partial charge in [0.1, 0.15) is 18.2 Å². The molecule has 0 aliphatic carbocycles. The summed E-state index contributed by atoms with van der Waals surface area (Å²) >= 11 is 1.19. The summed E-state index contributed by atoms with van der Waals surface area (Å²) in [6, 6.07) is 8.72. The van der Waals surface area contributed by atoms with Crippen LogP contribution in [0.3, 0.4) is 0 Å². The quantitative estimate of drug-likeness (QED) is 0.478. The molecule has 30 heavy (non-hydrogen) atoms. The molecular formula is C22H20F3NO3S. The van der Waals surface area contributed by atoms with E-state index in [0.717, 1.165) is 40.1 Å². The van der Waals surface area contributed by atoms with Crippen molar-refractivity contribution in [3.63, 3.8) is 0 Å². The van der Waals surface area contributed by atoms with E-state index in [0.29, 0.717) is 4.88 Å². The highest BCUT2D eigenvalue weighted by atomic mass is 32.1. The summed E-state index contributed by atoms with van der Waals surface area (Å²) in [6.45, 7) is 3.14. The fourth-order valence-corrected chi connectivity index (χ4v) is 3.65. The van der Waals surface area contributed by atoms with Crippen LogP contribution in [0.15, 0.2) is 41.8 Å². The molecule has 0 bridgehead atoms. The molecule has 3 aromatic rings. The predicted octanol–water partition coefficient (Wildman–Crippen LogP) is 6.25. The number of rotatable bonds is 7. The van der Waals surface area contributed by atoms with Gasteiger partial charge < -0.3 is 14.8 Å². The van der Waals surface area contributed by atoms with E-state index < -0.39 is 24.1 Å². The Hall–Kier alpha value is -3.00. The molecular weight excluding hydrogens is 415 g/mol. The van der Waals surface area contributed by atoms with Gasteiger partial charge in [-0.25, -0.2) is 4.39 Å². The van der Waals surface area contributed by atoms with Crippen molar-refractivity contribution in [2.45, 2.75) is 34.0 Å². The number of amides is 1. The molecule has 0 spiro atoms. The van der Waals surface area contributed by atoms with Crippen LogP contribution in [0.1, 0.15) is 31.9 Å². The average Bonchev–Trinajstić information content (AvgIpc) is 3.14. The zero-order valence-corrected chi connectivity index (χ0v) is 17.4. The molecule has 0 aliphatic heterocycles. The highest BCUT2D eigenvalue weighted by molar-refractivity contribution is 7.12. The van der Waals surface area contributed by atoms with Crippen molar-refractivity contribution < 1.29 is 27.4 Å². The number of carbonyl (C=O) groups is 1. The monoisotopic (exact) mass is 435 g/mol. The van der Waals surface area contributed by atoms with Gasteiger partial charge in [-0.1, -0.05) is 6.07 Å². The summed E-state index contributed by atoms with van der Waals surface area (Å²) in [4.78, 5) is 12.8. The van der Waals surface area contributed by atoms with Crippen LogP contribution in [-0.4, -0.2) is 12.5 Å². The fraction of sp³-hybridized carbons (Fsp3) is 0.227. The largest absolute Gasteiger partial charge is 0.489 e. The lowest BCUT2D eigenvalue weighted by Gasteiger charge is -2.12. The number of carbonyl (C=O) groups excluding carboxylic acids is 1. The molecule has 3 rings (SSSR count). The number of hydrogen-bond donors (Lipinski definition) is 1. The number of aryl methyl sites for hydroxylation is 2. The Kier molecular flexibility index (Phi) is 6.66. The molecule has 158 valence electrons. The van der Waals surface area contributed by atoms with Crippen LogP contribution in [0.25, 0.3) is 0 Å². The van der Waals surface area contributed by atoms with Gasteiger partial charge in [0.2, 0.25) is 0 Å². The first-order valence-electron chi connectivity index (χ1n) is 9.06. The number of anilines is 1. The molecule has 4 nitrogen and oxygen atoms in total. The minimum atomic E-state index is -3.14. The van der Waals surface area contributed by atoms with E-state index in [2.05, 4.69) is 16.1 Å². The molecule has 0 atom stereocenters. The lowest BCUT2D eigenvalue weighted by atomic mass is 10.1. The highest BCUT2D eigenvalue weighted by Crippen LogP contribution is 2.29. The number of halogens is 3. The minimum Gasteiger partial charge on any atom is -0.489 e. The molecule has 1 N–H and O–H groups in total. The van der Waals surface area contributed by atoms with Gasteiger partial charge in [-0.2, -0.15) is 8.78 Å². The van der Waals surface area contributed by atoms with Crippen LogP contribution in [-0.2, 0) is 6.61 Å². The molecule has 1 aromatic heterocycles. The Morgan fingerprint density at radius 1 is 1.10 bits per heavy atom. The molecule has 0 unspecified atom stereocenters. The normalized spacial score (nSPS) is 10.9. The number of ether oxygens (including phenoxy) is 2. The van der Waals surface area contributed by atoms with Crippen molar-refractivity contribution >= 4 is 22.9 Å². The second-order valence-electron chi connectivity index (χ2n) is 6.79. The Labute approximate surface area is 176 Å². The maximum absolute atomic E-state index is 13.3. The van der Waals surface area contributed by atoms with Crippen LogP contribution in [0.4, 0.5) is 18.9 Å². The van der Waals surface area contributed by atoms with E-state index in [1.165, 1.54) is 17.4 Å². The van der Waals surface area contributed by atoms with Crippen molar-refractivity contribution in [3.8, 4) is 11.5 Å². The number of hydrogen-bond acceptors (Lipinski definition) is 4. The Balaban J connectivity index is 1.69. The third-order valence-electron chi connectivity index (χ3n) is 4.44. The average molecular weight is 435 g/mol. The van der Waals surface area contributed by atoms with Crippen molar-refractivity contribution in [2.75, 3.05) is 5.32 Å². The molecule has 1 heterocycles. The van der Waals surface area contributed by atoms with Gasteiger partial charge in [-0.15, -0.1) is 11.3 Å². The number of thiophene rings is 1.